The lowest BCUT2D eigenvalue weighted by Gasteiger charge is -2.17. The minimum absolute atomic E-state index is 0.174. The first-order valence-corrected chi connectivity index (χ1v) is 7.78. The highest BCUT2D eigenvalue weighted by Crippen LogP contribution is 2.37. The van der Waals surface area contributed by atoms with Crippen molar-refractivity contribution >= 4 is 34.0 Å². The summed E-state index contributed by atoms with van der Waals surface area (Å²) >= 11 is 12.9. The molecular weight excluding hydrogens is 299 g/mol. The lowest BCUT2D eigenvalue weighted by atomic mass is 9.93. The summed E-state index contributed by atoms with van der Waals surface area (Å²) in [6.45, 7) is 4.12. The van der Waals surface area contributed by atoms with Crippen molar-refractivity contribution in [3.8, 4) is 0 Å². The zero-order valence-electron chi connectivity index (χ0n) is 12.0. The third kappa shape index (κ3) is 2.66. The summed E-state index contributed by atoms with van der Waals surface area (Å²) in [5, 5.41) is 3.03. The Hall–Kier alpha value is -1.50. The second kappa shape index (κ2) is 5.71. The smallest absolute Gasteiger partial charge is 0.0844 e. The monoisotopic (exact) mass is 314 g/mol. The van der Waals surface area contributed by atoms with Crippen LogP contribution in [0.5, 0.6) is 0 Å². The molecule has 0 nitrogen and oxygen atoms in total. The van der Waals surface area contributed by atoms with E-state index < -0.39 is 0 Å². The van der Waals surface area contributed by atoms with Gasteiger partial charge >= 0.3 is 0 Å². The first kappa shape index (κ1) is 14.4. The fraction of sp³-hybridized carbons (Fsp3) is 0.158. The molecule has 0 saturated heterocycles. The molecule has 3 aromatic carbocycles. The van der Waals surface area contributed by atoms with E-state index in [2.05, 4.69) is 49.4 Å². The molecule has 0 saturated carbocycles. The molecule has 1 unspecified atom stereocenters. The van der Waals surface area contributed by atoms with Crippen molar-refractivity contribution in [2.45, 2.75) is 19.2 Å². The summed E-state index contributed by atoms with van der Waals surface area (Å²) in [6.07, 6.45) is 0. The molecule has 106 valence electrons. The van der Waals surface area contributed by atoms with Gasteiger partial charge in [0.2, 0.25) is 0 Å². The Labute approximate surface area is 135 Å². The number of rotatable bonds is 2. The zero-order valence-corrected chi connectivity index (χ0v) is 13.5. The minimum atomic E-state index is -0.174. The number of hydrogen-bond donors (Lipinski definition) is 0. The van der Waals surface area contributed by atoms with Gasteiger partial charge in [0.05, 0.1) is 5.38 Å². The number of hydrogen-bond acceptors (Lipinski definition) is 0. The van der Waals surface area contributed by atoms with Crippen LogP contribution in [0, 0.1) is 13.8 Å². The van der Waals surface area contributed by atoms with E-state index in [0.717, 1.165) is 16.1 Å². The molecule has 0 radical (unpaired) electrons. The molecule has 0 aliphatic rings. The van der Waals surface area contributed by atoms with Gasteiger partial charge in [0.25, 0.3) is 0 Å². The molecule has 0 aromatic heterocycles. The van der Waals surface area contributed by atoms with Crippen LogP contribution in [0.4, 0.5) is 0 Å². The molecule has 21 heavy (non-hydrogen) atoms. The maximum absolute atomic E-state index is 6.80. The van der Waals surface area contributed by atoms with Crippen LogP contribution in [0.25, 0.3) is 10.8 Å². The zero-order chi connectivity index (χ0) is 15.0. The Kier molecular flexibility index (Phi) is 3.93. The van der Waals surface area contributed by atoms with Crippen molar-refractivity contribution in [1.29, 1.82) is 0 Å². The predicted molar refractivity (Wildman–Crippen MR) is 92.6 cm³/mol. The fourth-order valence-electron chi connectivity index (χ4n) is 2.73. The van der Waals surface area contributed by atoms with Crippen molar-refractivity contribution in [1.82, 2.24) is 0 Å². The summed E-state index contributed by atoms with van der Waals surface area (Å²) < 4.78 is 0. The van der Waals surface area contributed by atoms with Gasteiger partial charge in [0.15, 0.2) is 0 Å². The van der Waals surface area contributed by atoms with Gasteiger partial charge in [-0.15, -0.1) is 11.6 Å². The van der Waals surface area contributed by atoms with Crippen LogP contribution < -0.4 is 0 Å². The third-order valence-electron chi connectivity index (χ3n) is 3.92. The first-order chi connectivity index (χ1) is 10.1. The van der Waals surface area contributed by atoms with E-state index in [9.17, 15) is 0 Å². The predicted octanol–water partition coefficient (Wildman–Crippen LogP) is 6.44. The van der Waals surface area contributed by atoms with Crippen LogP contribution in [-0.4, -0.2) is 0 Å². The van der Waals surface area contributed by atoms with E-state index in [1.165, 1.54) is 21.9 Å². The van der Waals surface area contributed by atoms with Gasteiger partial charge in [0, 0.05) is 5.02 Å². The van der Waals surface area contributed by atoms with Gasteiger partial charge in [-0.25, -0.2) is 0 Å². The normalized spacial score (nSPS) is 12.6. The van der Waals surface area contributed by atoms with Gasteiger partial charge < -0.3 is 0 Å². The molecule has 0 N–H and O–H groups in total. The quantitative estimate of drug-likeness (QED) is 0.477. The highest BCUT2D eigenvalue weighted by atomic mass is 35.5. The van der Waals surface area contributed by atoms with Crippen LogP contribution in [0.15, 0.2) is 54.6 Å². The summed E-state index contributed by atoms with van der Waals surface area (Å²) in [6, 6.07) is 18.6. The average molecular weight is 315 g/mol. The molecule has 0 bridgehead atoms. The van der Waals surface area contributed by atoms with Crippen molar-refractivity contribution in [2.75, 3.05) is 0 Å². The van der Waals surface area contributed by atoms with Crippen LogP contribution in [0.3, 0.4) is 0 Å². The highest BCUT2D eigenvalue weighted by Gasteiger charge is 2.17. The topological polar surface area (TPSA) is 0 Å². The number of benzene rings is 3. The van der Waals surface area contributed by atoms with Crippen molar-refractivity contribution in [2.24, 2.45) is 0 Å². The summed E-state index contributed by atoms with van der Waals surface area (Å²) in [5.41, 5.74) is 4.52. The Bertz CT molecular complexity index is 806. The van der Waals surface area contributed by atoms with Gasteiger partial charge in [0.1, 0.15) is 0 Å². The van der Waals surface area contributed by atoms with Crippen LogP contribution in [0.2, 0.25) is 5.02 Å². The van der Waals surface area contributed by atoms with Crippen molar-refractivity contribution < 1.29 is 0 Å². The molecule has 0 fully saturated rings. The van der Waals surface area contributed by atoms with Gasteiger partial charge in [-0.3, -0.25) is 0 Å². The van der Waals surface area contributed by atoms with Crippen molar-refractivity contribution in [3.05, 3.63) is 81.9 Å². The van der Waals surface area contributed by atoms with E-state index in [-0.39, 0.29) is 5.38 Å². The van der Waals surface area contributed by atoms with E-state index in [0.29, 0.717) is 0 Å². The maximum atomic E-state index is 6.80. The fourth-order valence-corrected chi connectivity index (χ4v) is 3.28. The minimum Gasteiger partial charge on any atom is -0.113 e. The number of halogens is 2. The Morgan fingerprint density at radius 3 is 2.38 bits per heavy atom. The van der Waals surface area contributed by atoms with E-state index in [1.54, 1.807) is 0 Å². The molecule has 3 aromatic rings. The largest absolute Gasteiger partial charge is 0.113 e. The Morgan fingerprint density at radius 2 is 1.62 bits per heavy atom. The SMILES string of the molecule is Cc1cc(C(Cl)c2c(C)ccc3ccccc23)ccc1Cl. The van der Waals surface area contributed by atoms with E-state index in [4.69, 9.17) is 23.2 Å². The Morgan fingerprint density at radius 1 is 0.857 bits per heavy atom. The molecule has 0 amide bonds. The number of fused-ring (bicyclic) bond motifs is 1. The maximum Gasteiger partial charge on any atom is 0.0844 e. The summed E-state index contributed by atoms with van der Waals surface area (Å²) in [4.78, 5) is 0. The molecule has 2 heteroatoms. The summed E-state index contributed by atoms with van der Waals surface area (Å²) in [7, 11) is 0. The molecule has 1 atom stereocenters. The number of alkyl halides is 1. The first-order valence-electron chi connectivity index (χ1n) is 6.96. The molecule has 0 aliphatic heterocycles. The summed E-state index contributed by atoms with van der Waals surface area (Å²) in [5.74, 6) is 0. The Balaban J connectivity index is 2.19. The van der Waals surface area contributed by atoms with Crippen LogP contribution >= 0.6 is 23.2 Å². The van der Waals surface area contributed by atoms with Gasteiger partial charge in [-0.05, 0) is 52.9 Å². The molecule has 3 rings (SSSR count). The average Bonchev–Trinajstić information content (AvgIpc) is 2.49. The number of aryl methyl sites for hydroxylation is 2. The highest BCUT2D eigenvalue weighted by molar-refractivity contribution is 6.31. The van der Waals surface area contributed by atoms with E-state index >= 15 is 0 Å². The lowest BCUT2D eigenvalue weighted by Crippen LogP contribution is -1.98. The van der Waals surface area contributed by atoms with Crippen LogP contribution in [-0.2, 0) is 0 Å². The van der Waals surface area contributed by atoms with Crippen molar-refractivity contribution in [3.63, 3.8) is 0 Å². The van der Waals surface area contributed by atoms with Gasteiger partial charge in [-0.2, -0.15) is 0 Å². The van der Waals surface area contributed by atoms with E-state index in [1.807, 2.05) is 19.1 Å². The third-order valence-corrected chi connectivity index (χ3v) is 4.81. The van der Waals surface area contributed by atoms with Crippen LogP contribution in [0.1, 0.15) is 27.6 Å². The lowest BCUT2D eigenvalue weighted by molar-refractivity contribution is 1.12. The standard InChI is InChI=1S/C19H16Cl2/c1-12-7-8-14-5-3-4-6-16(14)18(12)19(21)15-9-10-17(20)13(2)11-15/h3-11,19H,1-2H3. The molecule has 0 heterocycles. The van der Waals surface area contributed by atoms with Gasteiger partial charge in [-0.1, -0.05) is 60.1 Å². The molecule has 0 aliphatic carbocycles. The second-order valence-corrected chi connectivity index (χ2v) is 6.23. The molecule has 0 spiro atoms. The second-order valence-electron chi connectivity index (χ2n) is 5.39. The molecular formula is C19H16Cl2.